The first-order chi connectivity index (χ1) is 11.6. The molecule has 6 nitrogen and oxygen atoms in total. The van der Waals surface area contributed by atoms with Crippen molar-refractivity contribution in [3.05, 3.63) is 57.8 Å². The molecule has 0 saturated carbocycles. The number of nitrogens with one attached hydrogen (secondary N) is 2. The predicted molar refractivity (Wildman–Crippen MR) is 91.4 cm³/mol. The maximum atomic E-state index is 12.8. The van der Waals surface area contributed by atoms with Crippen LogP contribution < -0.4 is 10.9 Å². The minimum absolute atomic E-state index is 0.0740. The van der Waals surface area contributed by atoms with Crippen molar-refractivity contribution < 1.29 is 9.21 Å². The molecule has 3 heterocycles. The van der Waals surface area contributed by atoms with Gasteiger partial charge in [-0.15, -0.1) is 11.8 Å². The second-order valence-corrected chi connectivity index (χ2v) is 6.78. The number of rotatable bonds is 2. The van der Waals surface area contributed by atoms with Crippen molar-refractivity contribution in [1.82, 2.24) is 15.3 Å². The van der Waals surface area contributed by atoms with E-state index in [2.05, 4.69) is 21.4 Å². The molecule has 1 amide bonds. The fourth-order valence-electron chi connectivity index (χ4n) is 3.05. The van der Waals surface area contributed by atoms with Gasteiger partial charge in [-0.2, -0.15) is 0 Å². The number of nitrogens with zero attached hydrogens (tertiary/aromatic N) is 1. The molecule has 0 radical (unpaired) electrons. The van der Waals surface area contributed by atoms with Crippen LogP contribution in [0.15, 0.2) is 44.7 Å². The lowest BCUT2D eigenvalue weighted by Crippen LogP contribution is -2.31. The van der Waals surface area contributed by atoms with E-state index < -0.39 is 0 Å². The summed E-state index contributed by atoms with van der Waals surface area (Å²) in [6, 6.07) is 7.98. The van der Waals surface area contributed by atoms with Crippen LogP contribution in [-0.2, 0) is 0 Å². The number of thioether (sulfide) groups is 1. The summed E-state index contributed by atoms with van der Waals surface area (Å²) in [4.78, 5) is 32.5. The molecule has 7 heteroatoms. The number of H-pyrrole nitrogens is 1. The molecule has 0 spiro atoms. The van der Waals surface area contributed by atoms with Gasteiger partial charge < -0.3 is 14.7 Å². The summed E-state index contributed by atoms with van der Waals surface area (Å²) < 4.78 is 5.46. The van der Waals surface area contributed by atoms with Crippen molar-refractivity contribution in [2.24, 2.45) is 0 Å². The summed E-state index contributed by atoms with van der Waals surface area (Å²) >= 11 is 1.79. The summed E-state index contributed by atoms with van der Waals surface area (Å²) in [6.45, 7) is 1.67. The number of furan rings is 1. The molecule has 1 aliphatic heterocycles. The van der Waals surface area contributed by atoms with Crippen molar-refractivity contribution in [3.8, 4) is 0 Å². The Bertz CT molecular complexity index is 992. The monoisotopic (exact) mass is 341 g/mol. The average molecular weight is 341 g/mol. The fraction of sp³-hybridized carbons (Fsp3) is 0.235. The first kappa shape index (κ1) is 15.0. The smallest absolute Gasteiger partial charge is 0.262 e. The molecule has 122 valence electrons. The van der Waals surface area contributed by atoms with Gasteiger partial charge in [0.05, 0.1) is 17.9 Å². The lowest BCUT2D eigenvalue weighted by Gasteiger charge is -2.25. The Balaban J connectivity index is 1.72. The van der Waals surface area contributed by atoms with Gasteiger partial charge in [0.1, 0.15) is 11.1 Å². The third kappa shape index (κ3) is 2.41. The molecule has 1 atom stereocenters. The summed E-state index contributed by atoms with van der Waals surface area (Å²) in [5.74, 6) is 1.02. The van der Waals surface area contributed by atoms with Crippen molar-refractivity contribution in [2.45, 2.75) is 24.3 Å². The molecule has 0 aliphatic carbocycles. The summed E-state index contributed by atoms with van der Waals surface area (Å²) in [5, 5.41) is 3.24. The molecule has 1 unspecified atom stereocenters. The van der Waals surface area contributed by atoms with E-state index in [1.54, 1.807) is 18.7 Å². The van der Waals surface area contributed by atoms with E-state index in [0.29, 0.717) is 5.76 Å². The van der Waals surface area contributed by atoms with Crippen LogP contribution in [0.1, 0.15) is 34.1 Å². The van der Waals surface area contributed by atoms with E-state index in [1.165, 1.54) is 11.2 Å². The van der Waals surface area contributed by atoms with Crippen molar-refractivity contribution in [3.63, 3.8) is 0 Å². The largest absolute Gasteiger partial charge is 0.442 e. The molecular weight excluding hydrogens is 326 g/mol. The average Bonchev–Trinajstić information content (AvgIpc) is 2.92. The normalized spacial score (nSPS) is 16.8. The maximum Gasteiger partial charge on any atom is 0.262 e. The molecule has 4 rings (SSSR count). The molecule has 3 aromatic rings. The van der Waals surface area contributed by atoms with Crippen LogP contribution in [0.2, 0.25) is 0 Å². The van der Waals surface area contributed by atoms with Crippen LogP contribution >= 0.6 is 11.8 Å². The van der Waals surface area contributed by atoms with E-state index in [9.17, 15) is 9.59 Å². The minimum atomic E-state index is -0.374. The van der Waals surface area contributed by atoms with E-state index in [-0.39, 0.29) is 34.2 Å². The van der Waals surface area contributed by atoms with E-state index in [4.69, 9.17) is 4.42 Å². The van der Waals surface area contributed by atoms with E-state index in [1.807, 2.05) is 18.2 Å². The van der Waals surface area contributed by atoms with Crippen LogP contribution in [0.25, 0.3) is 11.1 Å². The number of carbonyl (C=O) groups is 1. The molecule has 2 aromatic heterocycles. The Morgan fingerprint density at radius 1 is 1.42 bits per heavy atom. The number of aromatic amines is 1. The Labute approximate surface area is 141 Å². The van der Waals surface area contributed by atoms with Crippen molar-refractivity contribution in [1.29, 1.82) is 0 Å². The summed E-state index contributed by atoms with van der Waals surface area (Å²) in [7, 11) is 0. The van der Waals surface area contributed by atoms with E-state index in [0.717, 1.165) is 17.7 Å². The van der Waals surface area contributed by atoms with E-state index >= 15 is 0 Å². The second kappa shape index (κ2) is 5.83. The Hall–Kier alpha value is -2.54. The highest BCUT2D eigenvalue weighted by Crippen LogP contribution is 2.36. The zero-order valence-corrected chi connectivity index (χ0v) is 13.8. The quantitative estimate of drug-likeness (QED) is 0.748. The van der Waals surface area contributed by atoms with Gasteiger partial charge in [-0.3, -0.25) is 9.59 Å². The van der Waals surface area contributed by atoms with Gasteiger partial charge in [0.2, 0.25) is 5.71 Å². The molecule has 1 aliphatic rings. The van der Waals surface area contributed by atoms with Crippen LogP contribution in [0.4, 0.5) is 0 Å². The standard InChI is InChI=1S/C17H15N3O3S/c1-9-13(14-15(21)18-8-19-17(14)23-9)16(22)20-11-6-7-24-12-5-3-2-4-10(11)12/h2-5,8,11H,6-7H2,1H3,(H,20,22)(H,18,19,21). The number of benzene rings is 1. The van der Waals surface area contributed by atoms with Gasteiger partial charge in [0.15, 0.2) is 0 Å². The van der Waals surface area contributed by atoms with Crippen LogP contribution in [0.3, 0.4) is 0 Å². The third-order valence-corrected chi connectivity index (χ3v) is 5.28. The molecule has 0 saturated heterocycles. The zero-order chi connectivity index (χ0) is 16.7. The number of fused-ring (bicyclic) bond motifs is 2. The van der Waals surface area contributed by atoms with Gasteiger partial charge in [-0.05, 0) is 25.0 Å². The topological polar surface area (TPSA) is 88.0 Å². The lowest BCUT2D eigenvalue weighted by atomic mass is 10.0. The fourth-order valence-corrected chi connectivity index (χ4v) is 4.17. The lowest BCUT2D eigenvalue weighted by molar-refractivity contribution is 0.0935. The van der Waals surface area contributed by atoms with Crippen LogP contribution in [0, 0.1) is 6.92 Å². The number of aryl methyl sites for hydroxylation is 1. The van der Waals surface area contributed by atoms with Gasteiger partial charge in [0, 0.05) is 10.6 Å². The number of aromatic nitrogens is 2. The third-order valence-electron chi connectivity index (χ3n) is 4.16. The van der Waals surface area contributed by atoms with Gasteiger partial charge in [-0.25, -0.2) is 4.98 Å². The molecular formula is C17H15N3O3S. The summed E-state index contributed by atoms with van der Waals surface area (Å²) in [6.07, 6.45) is 2.11. The van der Waals surface area contributed by atoms with Crippen molar-refractivity contribution in [2.75, 3.05) is 5.75 Å². The Morgan fingerprint density at radius 3 is 3.12 bits per heavy atom. The highest BCUT2D eigenvalue weighted by atomic mass is 32.2. The van der Waals surface area contributed by atoms with Crippen LogP contribution in [0.5, 0.6) is 0 Å². The predicted octanol–water partition coefficient (Wildman–Crippen LogP) is 2.79. The number of hydrogen-bond donors (Lipinski definition) is 2. The number of carbonyl (C=O) groups excluding carboxylic acids is 1. The van der Waals surface area contributed by atoms with Gasteiger partial charge >= 0.3 is 0 Å². The second-order valence-electron chi connectivity index (χ2n) is 5.65. The maximum absolute atomic E-state index is 12.8. The van der Waals surface area contributed by atoms with Crippen LogP contribution in [-0.4, -0.2) is 21.6 Å². The molecule has 0 bridgehead atoms. The highest BCUT2D eigenvalue weighted by molar-refractivity contribution is 7.99. The van der Waals surface area contributed by atoms with Gasteiger partial charge in [-0.1, -0.05) is 18.2 Å². The molecule has 24 heavy (non-hydrogen) atoms. The number of amides is 1. The summed E-state index contributed by atoms with van der Waals surface area (Å²) in [5.41, 5.74) is 1.18. The minimum Gasteiger partial charge on any atom is -0.442 e. The molecule has 2 N–H and O–H groups in total. The first-order valence-corrected chi connectivity index (χ1v) is 8.63. The van der Waals surface area contributed by atoms with Gasteiger partial charge in [0.25, 0.3) is 11.5 Å². The zero-order valence-electron chi connectivity index (χ0n) is 13.0. The highest BCUT2D eigenvalue weighted by Gasteiger charge is 2.26. The SMILES string of the molecule is Cc1oc2nc[nH]c(=O)c2c1C(=O)NC1CCSc2ccccc21. The molecule has 0 fully saturated rings. The Morgan fingerprint density at radius 2 is 2.25 bits per heavy atom. The first-order valence-electron chi connectivity index (χ1n) is 7.64. The van der Waals surface area contributed by atoms with Crippen molar-refractivity contribution >= 4 is 28.8 Å². The molecule has 1 aromatic carbocycles. The Kier molecular flexibility index (Phi) is 3.65. The number of hydrogen-bond acceptors (Lipinski definition) is 5.